The van der Waals surface area contributed by atoms with Crippen molar-refractivity contribution in [2.45, 2.75) is 39.3 Å². The third-order valence-electron chi connectivity index (χ3n) is 6.27. The van der Waals surface area contributed by atoms with Gasteiger partial charge in [0.2, 0.25) is 0 Å². The van der Waals surface area contributed by atoms with Gasteiger partial charge >= 0.3 is 6.03 Å². The number of hydrogen-bond donors (Lipinski definition) is 1. The molecule has 7 heteroatoms. The summed E-state index contributed by atoms with van der Waals surface area (Å²) in [5.41, 5.74) is 2.25. The first-order chi connectivity index (χ1) is 17.5. The van der Waals surface area contributed by atoms with E-state index in [0.717, 1.165) is 12.0 Å². The third-order valence-corrected chi connectivity index (χ3v) is 6.27. The molecule has 1 N–H and O–H groups in total. The van der Waals surface area contributed by atoms with Crippen molar-refractivity contribution in [3.63, 3.8) is 0 Å². The van der Waals surface area contributed by atoms with Gasteiger partial charge in [0, 0.05) is 13.1 Å². The number of amides is 2. The lowest BCUT2D eigenvalue weighted by Crippen LogP contribution is -2.41. The number of carbonyl (C=O) groups is 1. The van der Waals surface area contributed by atoms with Gasteiger partial charge in [-0.05, 0) is 49.6 Å². The SMILES string of the molecule is CCCn1c(C(C)N(CCc2ccccc2)C(=O)Nc2ccccc2OC)nc2ccccc2c1=O. The van der Waals surface area contributed by atoms with Gasteiger partial charge in [-0.2, -0.15) is 0 Å². The minimum absolute atomic E-state index is 0.0857. The van der Waals surface area contributed by atoms with Crippen LogP contribution in [0.25, 0.3) is 10.9 Å². The second kappa shape index (κ2) is 11.5. The van der Waals surface area contributed by atoms with Crippen LogP contribution in [0.1, 0.15) is 37.7 Å². The molecule has 0 bridgehead atoms. The van der Waals surface area contributed by atoms with Crippen molar-refractivity contribution in [2.75, 3.05) is 19.0 Å². The number of rotatable bonds is 9. The number of nitrogens with zero attached hydrogens (tertiary/aromatic N) is 3. The Bertz CT molecular complexity index is 1380. The van der Waals surface area contributed by atoms with Crippen molar-refractivity contribution in [1.29, 1.82) is 0 Å². The van der Waals surface area contributed by atoms with Crippen LogP contribution in [-0.4, -0.2) is 34.1 Å². The number of anilines is 1. The Morgan fingerprint density at radius 1 is 1.03 bits per heavy atom. The van der Waals surface area contributed by atoms with E-state index in [9.17, 15) is 9.59 Å². The predicted octanol–water partition coefficient (Wildman–Crippen LogP) is 5.65. The maximum absolute atomic E-state index is 13.7. The Labute approximate surface area is 211 Å². The molecule has 0 saturated carbocycles. The molecule has 0 spiro atoms. The number of methoxy groups -OCH3 is 1. The summed E-state index contributed by atoms with van der Waals surface area (Å²) in [5.74, 6) is 1.15. The number of aromatic nitrogens is 2. The predicted molar refractivity (Wildman–Crippen MR) is 144 cm³/mol. The first-order valence-electron chi connectivity index (χ1n) is 12.3. The van der Waals surface area contributed by atoms with Gasteiger partial charge < -0.3 is 15.0 Å². The van der Waals surface area contributed by atoms with Crippen LogP contribution in [0.15, 0.2) is 83.7 Å². The minimum atomic E-state index is -0.452. The zero-order valence-electron chi connectivity index (χ0n) is 21.0. The van der Waals surface area contributed by atoms with Crippen LogP contribution in [0.2, 0.25) is 0 Å². The molecule has 1 atom stereocenters. The maximum atomic E-state index is 13.7. The van der Waals surface area contributed by atoms with Crippen molar-refractivity contribution >= 4 is 22.6 Å². The smallest absolute Gasteiger partial charge is 0.322 e. The molecule has 0 aliphatic rings. The van der Waals surface area contributed by atoms with Crippen molar-refractivity contribution in [3.05, 3.63) is 101 Å². The summed E-state index contributed by atoms with van der Waals surface area (Å²) in [4.78, 5) is 33.7. The van der Waals surface area contributed by atoms with Crippen molar-refractivity contribution in [1.82, 2.24) is 14.5 Å². The average molecular weight is 485 g/mol. The lowest BCUT2D eigenvalue weighted by atomic mass is 10.1. The quantitative estimate of drug-likeness (QED) is 0.333. The summed E-state index contributed by atoms with van der Waals surface area (Å²) in [7, 11) is 1.57. The number of ether oxygens (including phenoxy) is 1. The molecular weight excluding hydrogens is 452 g/mol. The van der Waals surface area contributed by atoms with E-state index in [1.807, 2.05) is 74.5 Å². The summed E-state index contributed by atoms with van der Waals surface area (Å²) < 4.78 is 7.13. The molecule has 3 aromatic carbocycles. The van der Waals surface area contributed by atoms with Crippen LogP contribution in [0.4, 0.5) is 10.5 Å². The van der Waals surface area contributed by atoms with Crippen LogP contribution in [-0.2, 0) is 13.0 Å². The van der Waals surface area contributed by atoms with Gasteiger partial charge in [-0.3, -0.25) is 9.36 Å². The van der Waals surface area contributed by atoms with Crippen molar-refractivity contribution in [2.24, 2.45) is 0 Å². The Balaban J connectivity index is 1.73. The number of urea groups is 1. The molecule has 0 aliphatic carbocycles. The molecule has 4 rings (SSSR count). The molecule has 0 saturated heterocycles. The van der Waals surface area contributed by atoms with Gasteiger partial charge in [-0.15, -0.1) is 0 Å². The van der Waals surface area contributed by atoms with Crippen LogP contribution >= 0.6 is 0 Å². The monoisotopic (exact) mass is 484 g/mol. The first kappa shape index (κ1) is 25.0. The molecule has 1 heterocycles. The summed E-state index contributed by atoms with van der Waals surface area (Å²) in [5, 5.41) is 3.58. The van der Waals surface area contributed by atoms with Crippen LogP contribution in [0, 0.1) is 0 Å². The Hall–Kier alpha value is -4.13. The van der Waals surface area contributed by atoms with Gasteiger partial charge in [0.25, 0.3) is 5.56 Å². The highest BCUT2D eigenvalue weighted by Gasteiger charge is 2.26. The van der Waals surface area contributed by atoms with Crippen LogP contribution in [0.3, 0.4) is 0 Å². The van der Waals surface area contributed by atoms with Crippen molar-refractivity contribution < 1.29 is 9.53 Å². The van der Waals surface area contributed by atoms with Gasteiger partial charge in [0.05, 0.1) is 29.7 Å². The van der Waals surface area contributed by atoms with E-state index in [4.69, 9.17) is 9.72 Å². The zero-order chi connectivity index (χ0) is 25.5. The molecule has 1 unspecified atom stereocenters. The molecule has 2 amide bonds. The molecule has 0 aliphatic heterocycles. The van der Waals surface area contributed by atoms with Gasteiger partial charge in [-0.1, -0.05) is 61.5 Å². The number of carbonyl (C=O) groups excluding carboxylic acids is 1. The molecule has 36 heavy (non-hydrogen) atoms. The van der Waals surface area contributed by atoms with Gasteiger partial charge in [-0.25, -0.2) is 9.78 Å². The Kier molecular flexibility index (Phi) is 8.00. The van der Waals surface area contributed by atoms with E-state index in [2.05, 4.69) is 5.32 Å². The summed E-state index contributed by atoms with van der Waals surface area (Å²) in [6.07, 6.45) is 1.44. The molecular formula is C29H32N4O3. The summed E-state index contributed by atoms with van der Waals surface area (Å²) in [6, 6.07) is 24.0. The summed E-state index contributed by atoms with van der Waals surface area (Å²) >= 11 is 0. The third kappa shape index (κ3) is 5.40. The first-order valence-corrected chi connectivity index (χ1v) is 12.3. The minimum Gasteiger partial charge on any atom is -0.495 e. The Morgan fingerprint density at radius 3 is 2.47 bits per heavy atom. The van der Waals surface area contributed by atoms with Gasteiger partial charge in [0.1, 0.15) is 11.6 Å². The maximum Gasteiger partial charge on any atom is 0.322 e. The second-order valence-corrected chi connectivity index (χ2v) is 8.68. The second-order valence-electron chi connectivity index (χ2n) is 8.68. The molecule has 0 fully saturated rings. The van der Waals surface area contributed by atoms with E-state index in [0.29, 0.717) is 47.7 Å². The highest BCUT2D eigenvalue weighted by Crippen LogP contribution is 2.26. The number of nitrogens with one attached hydrogen (secondary N) is 1. The van der Waals surface area contributed by atoms with E-state index in [1.54, 1.807) is 34.8 Å². The standard InChI is InChI=1S/C29H32N4O3/c1-4-19-33-27(30-24-15-9-8-14-23(24)28(33)34)21(2)32(20-18-22-12-6-5-7-13-22)29(35)31-25-16-10-11-17-26(25)36-3/h5-17,21H,4,18-20H2,1-3H3,(H,31,35). The lowest BCUT2D eigenvalue weighted by Gasteiger charge is -2.31. The van der Waals surface area contributed by atoms with E-state index >= 15 is 0 Å². The van der Waals surface area contributed by atoms with Gasteiger partial charge in [0.15, 0.2) is 0 Å². The van der Waals surface area contributed by atoms with Crippen LogP contribution in [0.5, 0.6) is 5.75 Å². The highest BCUT2D eigenvalue weighted by atomic mass is 16.5. The molecule has 7 nitrogen and oxygen atoms in total. The fraction of sp³-hybridized carbons (Fsp3) is 0.276. The topological polar surface area (TPSA) is 76.5 Å². The molecule has 186 valence electrons. The summed E-state index contributed by atoms with van der Waals surface area (Å²) in [6.45, 7) is 4.92. The van der Waals surface area contributed by atoms with E-state index in [1.165, 1.54) is 0 Å². The number of para-hydroxylation sites is 3. The Morgan fingerprint density at radius 2 is 1.72 bits per heavy atom. The fourth-order valence-corrected chi connectivity index (χ4v) is 4.38. The largest absolute Gasteiger partial charge is 0.495 e. The normalized spacial score (nSPS) is 11.8. The van der Waals surface area contributed by atoms with E-state index in [-0.39, 0.29) is 11.6 Å². The van der Waals surface area contributed by atoms with Crippen molar-refractivity contribution in [3.8, 4) is 5.75 Å². The number of fused-ring (bicyclic) bond motifs is 1. The fourth-order valence-electron chi connectivity index (χ4n) is 4.38. The highest BCUT2D eigenvalue weighted by molar-refractivity contribution is 5.91. The molecule has 0 radical (unpaired) electrons. The zero-order valence-corrected chi connectivity index (χ0v) is 21.0. The van der Waals surface area contributed by atoms with Crippen LogP contribution < -0.4 is 15.6 Å². The molecule has 1 aromatic heterocycles. The number of hydrogen-bond acceptors (Lipinski definition) is 4. The molecule has 4 aromatic rings. The van der Waals surface area contributed by atoms with E-state index < -0.39 is 6.04 Å². The lowest BCUT2D eigenvalue weighted by molar-refractivity contribution is 0.189. The number of benzene rings is 3. The average Bonchev–Trinajstić information content (AvgIpc) is 2.91.